The van der Waals surface area contributed by atoms with E-state index in [-0.39, 0.29) is 11.6 Å². The summed E-state index contributed by atoms with van der Waals surface area (Å²) in [5.74, 6) is -1.07. The molecule has 32 heavy (non-hydrogen) atoms. The lowest BCUT2D eigenvalue weighted by atomic mass is 9.93. The number of nitrogens with two attached hydrogens (primary N) is 1. The van der Waals surface area contributed by atoms with Gasteiger partial charge in [0, 0.05) is 55.7 Å². The third-order valence-electron chi connectivity index (χ3n) is 6.62. The van der Waals surface area contributed by atoms with Crippen molar-refractivity contribution in [3.63, 3.8) is 0 Å². The van der Waals surface area contributed by atoms with Gasteiger partial charge in [-0.25, -0.2) is 17.2 Å². The molecule has 1 aromatic carbocycles. The van der Waals surface area contributed by atoms with E-state index in [0.29, 0.717) is 52.2 Å². The van der Waals surface area contributed by atoms with Crippen LogP contribution in [0.15, 0.2) is 24.4 Å². The van der Waals surface area contributed by atoms with Gasteiger partial charge < -0.3 is 15.2 Å². The van der Waals surface area contributed by atoms with Crippen molar-refractivity contribution in [2.75, 3.05) is 19.8 Å². The Morgan fingerprint density at radius 2 is 1.94 bits per heavy atom. The number of benzene rings is 1. The minimum absolute atomic E-state index is 0.0207. The predicted octanol–water partition coefficient (Wildman–Crippen LogP) is 1.69. The summed E-state index contributed by atoms with van der Waals surface area (Å²) in [6.45, 7) is 2.24. The molecule has 0 spiro atoms. The molecule has 0 aliphatic carbocycles. The lowest BCUT2D eigenvalue weighted by molar-refractivity contribution is -0.0533. The maximum atomic E-state index is 14.2. The van der Waals surface area contributed by atoms with E-state index in [0.717, 1.165) is 33.5 Å². The van der Waals surface area contributed by atoms with E-state index in [2.05, 4.69) is 10.00 Å². The van der Waals surface area contributed by atoms with Gasteiger partial charge in [0.05, 0.1) is 17.6 Å². The number of fused-ring (bicyclic) bond motifs is 1. The zero-order chi connectivity index (χ0) is 22.5. The van der Waals surface area contributed by atoms with Crippen LogP contribution in [-0.4, -0.2) is 59.7 Å². The lowest BCUT2D eigenvalue weighted by Crippen LogP contribution is -2.47. The molecule has 4 heterocycles. The second-order valence-corrected chi connectivity index (χ2v) is 10.8. The van der Waals surface area contributed by atoms with Crippen molar-refractivity contribution >= 4 is 10.0 Å². The largest absolute Gasteiger partial charge is 0.381 e. The predicted molar refractivity (Wildman–Crippen MR) is 111 cm³/mol. The normalized spacial score (nSPS) is 27.5. The number of ether oxygens (including phenoxy) is 2. The van der Waals surface area contributed by atoms with E-state index in [4.69, 9.17) is 15.2 Å². The van der Waals surface area contributed by atoms with E-state index < -0.39 is 39.1 Å². The Kier molecular flexibility index (Phi) is 5.79. The van der Waals surface area contributed by atoms with Crippen LogP contribution in [-0.2, 0) is 32.6 Å². The summed E-state index contributed by atoms with van der Waals surface area (Å²) >= 11 is 0. The van der Waals surface area contributed by atoms with Crippen LogP contribution < -0.4 is 5.73 Å². The van der Waals surface area contributed by atoms with E-state index in [1.54, 1.807) is 6.20 Å². The Bertz CT molecular complexity index is 1080. The molecule has 2 saturated heterocycles. The first-order valence-corrected chi connectivity index (χ1v) is 12.3. The molecule has 0 unspecified atom stereocenters. The van der Waals surface area contributed by atoms with Gasteiger partial charge in [-0.2, -0.15) is 9.19 Å². The molecular weight excluding hydrogens is 442 g/mol. The highest BCUT2D eigenvalue weighted by atomic mass is 32.2. The van der Waals surface area contributed by atoms with E-state index in [9.17, 15) is 17.2 Å². The molecule has 8 nitrogen and oxygen atoms in total. The monoisotopic (exact) mass is 468 g/mol. The number of hydrogen-bond acceptors (Lipinski definition) is 7. The van der Waals surface area contributed by atoms with Crippen LogP contribution in [0.4, 0.5) is 8.78 Å². The minimum Gasteiger partial charge on any atom is -0.381 e. The Labute approximate surface area is 185 Å². The highest BCUT2D eigenvalue weighted by Crippen LogP contribution is 2.34. The van der Waals surface area contributed by atoms with E-state index >= 15 is 0 Å². The molecule has 2 fully saturated rings. The zero-order valence-electron chi connectivity index (χ0n) is 17.5. The van der Waals surface area contributed by atoms with Gasteiger partial charge in [0.1, 0.15) is 17.7 Å². The summed E-state index contributed by atoms with van der Waals surface area (Å²) in [4.78, 5) is 2.14. The van der Waals surface area contributed by atoms with Gasteiger partial charge in [0.25, 0.3) is 10.0 Å². The van der Waals surface area contributed by atoms with Crippen LogP contribution in [0.5, 0.6) is 0 Å². The molecule has 0 bridgehead atoms. The number of nitrogens with zero attached hydrogens (tertiary/aromatic N) is 3. The first kappa shape index (κ1) is 21.9. The lowest BCUT2D eigenvalue weighted by Gasteiger charge is -2.38. The SMILES string of the molecule is N[C@H]1C[C@@H](N2Cc3cn(S(=O)(=O)C4CCOCC4)nc3C2)CO[C@@H]1c1cc(F)ccc1F. The summed E-state index contributed by atoms with van der Waals surface area (Å²) in [7, 11) is -3.54. The molecule has 0 radical (unpaired) electrons. The van der Waals surface area contributed by atoms with E-state index in [1.807, 2.05) is 0 Å². The molecule has 5 rings (SSSR count). The van der Waals surface area contributed by atoms with Crippen molar-refractivity contribution in [1.29, 1.82) is 0 Å². The van der Waals surface area contributed by atoms with E-state index in [1.165, 1.54) is 0 Å². The molecular formula is C21H26F2N4O4S. The maximum Gasteiger partial charge on any atom is 0.256 e. The molecule has 3 aliphatic rings. The van der Waals surface area contributed by atoms with Crippen molar-refractivity contribution < 1.29 is 26.7 Å². The summed E-state index contributed by atoms with van der Waals surface area (Å²) in [5.41, 5.74) is 8.01. The van der Waals surface area contributed by atoms with Gasteiger partial charge in [-0.15, -0.1) is 0 Å². The summed E-state index contributed by atoms with van der Waals surface area (Å²) in [6, 6.07) is 2.77. The highest BCUT2D eigenvalue weighted by Gasteiger charge is 2.38. The van der Waals surface area contributed by atoms with Crippen LogP contribution >= 0.6 is 0 Å². The molecule has 2 aromatic rings. The third-order valence-corrected chi connectivity index (χ3v) is 8.64. The topological polar surface area (TPSA) is 99.7 Å². The van der Waals surface area contributed by atoms with Gasteiger partial charge in [-0.1, -0.05) is 0 Å². The fourth-order valence-electron chi connectivity index (χ4n) is 4.82. The molecule has 0 amide bonds. The Hall–Kier alpha value is -1.92. The third kappa shape index (κ3) is 3.96. The fraction of sp³-hybridized carbons (Fsp3) is 0.571. The molecule has 3 aliphatic heterocycles. The molecule has 2 N–H and O–H groups in total. The van der Waals surface area contributed by atoms with Crippen LogP contribution in [0.3, 0.4) is 0 Å². The summed E-state index contributed by atoms with van der Waals surface area (Å²) in [5, 5.41) is 3.89. The van der Waals surface area contributed by atoms with Crippen LogP contribution in [0.25, 0.3) is 0 Å². The first-order valence-electron chi connectivity index (χ1n) is 10.8. The van der Waals surface area contributed by atoms with Crippen molar-refractivity contribution in [3.05, 3.63) is 52.9 Å². The molecule has 11 heteroatoms. The van der Waals surface area contributed by atoms with Crippen molar-refractivity contribution in [3.8, 4) is 0 Å². The highest BCUT2D eigenvalue weighted by molar-refractivity contribution is 7.90. The van der Waals surface area contributed by atoms with Crippen LogP contribution in [0.2, 0.25) is 0 Å². The first-order chi connectivity index (χ1) is 15.3. The van der Waals surface area contributed by atoms with Gasteiger partial charge >= 0.3 is 0 Å². The van der Waals surface area contributed by atoms with Gasteiger partial charge in [-0.3, -0.25) is 4.90 Å². The van der Waals surface area contributed by atoms with Crippen LogP contribution in [0, 0.1) is 11.6 Å². The molecule has 0 saturated carbocycles. The van der Waals surface area contributed by atoms with Gasteiger partial charge in [-0.05, 0) is 37.5 Å². The standard InChI is InChI=1S/C21H26F2N4O4S/c22-14-1-2-18(23)17(7-14)21-19(24)8-15(12-31-21)26-9-13-10-27(25-20(13)11-26)32(28,29)16-3-5-30-6-4-16/h1-2,7,10,15-16,19,21H,3-6,8-9,11-12,24H2/t15-,19+,21-/m1/s1. The van der Waals surface area contributed by atoms with Gasteiger partial charge in [0.2, 0.25) is 0 Å². The number of aromatic nitrogens is 2. The molecule has 3 atom stereocenters. The zero-order valence-corrected chi connectivity index (χ0v) is 18.3. The Balaban J connectivity index is 1.24. The van der Waals surface area contributed by atoms with Crippen molar-refractivity contribution in [1.82, 2.24) is 14.1 Å². The average Bonchev–Trinajstić information content (AvgIpc) is 3.36. The Morgan fingerprint density at radius 3 is 2.66 bits per heavy atom. The smallest absolute Gasteiger partial charge is 0.256 e. The number of rotatable bonds is 4. The molecule has 1 aromatic heterocycles. The summed E-state index contributed by atoms with van der Waals surface area (Å²) < 4.78 is 65.7. The number of halogens is 2. The van der Waals surface area contributed by atoms with Gasteiger partial charge in [0.15, 0.2) is 0 Å². The second kappa shape index (κ2) is 8.45. The summed E-state index contributed by atoms with van der Waals surface area (Å²) in [6.07, 6.45) is 2.40. The quantitative estimate of drug-likeness (QED) is 0.729. The minimum atomic E-state index is -3.54. The maximum absolute atomic E-state index is 14.2. The average molecular weight is 469 g/mol. The van der Waals surface area contributed by atoms with Crippen molar-refractivity contribution in [2.45, 2.75) is 55.8 Å². The fourth-order valence-corrected chi connectivity index (χ4v) is 6.40. The second-order valence-electron chi connectivity index (χ2n) is 8.71. The van der Waals surface area contributed by atoms with Crippen LogP contribution in [0.1, 0.15) is 42.2 Å². The van der Waals surface area contributed by atoms with Crippen molar-refractivity contribution in [2.24, 2.45) is 5.73 Å². The Morgan fingerprint density at radius 1 is 1.16 bits per heavy atom. The number of hydrogen-bond donors (Lipinski definition) is 1. The molecule has 174 valence electrons.